The Bertz CT molecular complexity index is 760. The molecule has 0 unspecified atom stereocenters. The molecular formula is C13H10Cl3NO2S. The first kappa shape index (κ1) is 15.4. The number of hydrogen-bond donors (Lipinski definition) is 1. The highest BCUT2D eigenvalue weighted by molar-refractivity contribution is 7.90. The fourth-order valence-corrected chi connectivity index (χ4v) is 4.11. The first-order valence-electron chi connectivity index (χ1n) is 5.51. The molecule has 0 aliphatic heterocycles. The lowest BCUT2D eigenvalue weighted by Crippen LogP contribution is -2.07. The maximum Gasteiger partial charge on any atom is 0.184 e. The molecule has 7 heteroatoms. The number of hydrogen-bond acceptors (Lipinski definition) is 3. The van der Waals surface area contributed by atoms with Crippen molar-refractivity contribution in [1.29, 1.82) is 0 Å². The lowest BCUT2D eigenvalue weighted by atomic mass is 10.2. The molecular weight excluding hydrogens is 341 g/mol. The minimum absolute atomic E-state index is 0.0183. The van der Waals surface area contributed by atoms with E-state index in [0.717, 1.165) is 0 Å². The molecule has 2 aromatic rings. The molecule has 0 saturated carbocycles. The molecule has 0 saturated heterocycles. The van der Waals surface area contributed by atoms with Crippen molar-refractivity contribution in [3.8, 4) is 0 Å². The number of rotatable bonds is 3. The van der Waals surface area contributed by atoms with Gasteiger partial charge < -0.3 is 5.73 Å². The average molecular weight is 351 g/mol. The van der Waals surface area contributed by atoms with Crippen LogP contribution in [0.25, 0.3) is 0 Å². The van der Waals surface area contributed by atoms with E-state index in [0.29, 0.717) is 21.3 Å². The fourth-order valence-electron chi connectivity index (χ4n) is 1.69. The molecule has 20 heavy (non-hydrogen) atoms. The Hall–Kier alpha value is -0.940. The number of sulfone groups is 1. The van der Waals surface area contributed by atoms with E-state index in [4.69, 9.17) is 40.5 Å². The molecule has 0 aliphatic rings. The van der Waals surface area contributed by atoms with E-state index in [9.17, 15) is 8.42 Å². The van der Waals surface area contributed by atoms with Crippen LogP contribution in [0.3, 0.4) is 0 Å². The van der Waals surface area contributed by atoms with Crippen molar-refractivity contribution < 1.29 is 8.42 Å². The van der Waals surface area contributed by atoms with E-state index in [1.165, 1.54) is 24.3 Å². The summed E-state index contributed by atoms with van der Waals surface area (Å²) in [6, 6.07) is 8.97. The Morgan fingerprint density at radius 1 is 0.950 bits per heavy atom. The Labute approximate surface area is 132 Å². The zero-order chi connectivity index (χ0) is 14.9. The molecule has 2 N–H and O–H groups in total. The van der Waals surface area contributed by atoms with Crippen molar-refractivity contribution >= 4 is 50.3 Å². The van der Waals surface area contributed by atoms with Crippen LogP contribution >= 0.6 is 34.8 Å². The number of nitrogen functional groups attached to an aromatic ring is 1. The molecule has 0 fully saturated rings. The van der Waals surface area contributed by atoms with Crippen molar-refractivity contribution in [1.82, 2.24) is 0 Å². The standard InChI is InChI=1S/C13H10Cl3NO2S/c14-9-1-3-11(15)8(5-9)7-20(18,19)13-6-10(17)2-4-12(13)16/h1-6H,7,17H2. The highest BCUT2D eigenvalue weighted by atomic mass is 35.5. The van der Waals surface area contributed by atoms with Gasteiger partial charge in [-0.25, -0.2) is 8.42 Å². The molecule has 0 heterocycles. The molecule has 0 bridgehead atoms. The lowest BCUT2D eigenvalue weighted by Gasteiger charge is -2.09. The van der Waals surface area contributed by atoms with Gasteiger partial charge in [-0.05, 0) is 42.0 Å². The SMILES string of the molecule is Nc1ccc(Cl)c(S(=O)(=O)Cc2cc(Cl)ccc2Cl)c1. The molecule has 0 atom stereocenters. The molecule has 0 amide bonds. The van der Waals surface area contributed by atoms with E-state index >= 15 is 0 Å². The van der Waals surface area contributed by atoms with Gasteiger partial charge in [-0.1, -0.05) is 34.8 Å². The quantitative estimate of drug-likeness (QED) is 0.844. The van der Waals surface area contributed by atoms with Crippen LogP contribution in [0.5, 0.6) is 0 Å². The zero-order valence-electron chi connectivity index (χ0n) is 10.1. The van der Waals surface area contributed by atoms with Crippen molar-refractivity contribution in [2.24, 2.45) is 0 Å². The minimum atomic E-state index is -3.66. The zero-order valence-corrected chi connectivity index (χ0v) is 13.2. The third-order valence-electron chi connectivity index (χ3n) is 2.64. The van der Waals surface area contributed by atoms with Crippen molar-refractivity contribution in [2.75, 3.05) is 5.73 Å². The summed E-state index contributed by atoms with van der Waals surface area (Å²) in [5, 5.41) is 0.869. The van der Waals surface area contributed by atoms with Crippen LogP contribution in [0.4, 0.5) is 5.69 Å². The predicted octanol–water partition coefficient (Wildman–Crippen LogP) is 4.20. The molecule has 0 spiro atoms. The third-order valence-corrected chi connectivity index (χ3v) is 5.39. The summed E-state index contributed by atoms with van der Waals surface area (Å²) in [5.74, 6) is -0.296. The van der Waals surface area contributed by atoms with Gasteiger partial charge in [-0.15, -0.1) is 0 Å². The smallest absolute Gasteiger partial charge is 0.184 e. The van der Waals surface area contributed by atoms with Crippen LogP contribution in [0.1, 0.15) is 5.56 Å². The van der Waals surface area contributed by atoms with Gasteiger partial charge in [0.1, 0.15) is 0 Å². The van der Waals surface area contributed by atoms with E-state index in [2.05, 4.69) is 0 Å². The summed E-state index contributed by atoms with van der Waals surface area (Å²) in [5.41, 5.74) is 6.34. The maximum atomic E-state index is 12.4. The summed E-state index contributed by atoms with van der Waals surface area (Å²) in [4.78, 5) is -0.0183. The second kappa shape index (κ2) is 5.82. The molecule has 0 aliphatic carbocycles. The second-order valence-electron chi connectivity index (χ2n) is 4.18. The van der Waals surface area contributed by atoms with Crippen LogP contribution in [0.15, 0.2) is 41.3 Å². The van der Waals surface area contributed by atoms with E-state index in [-0.39, 0.29) is 15.7 Å². The van der Waals surface area contributed by atoms with Gasteiger partial charge in [0.2, 0.25) is 0 Å². The van der Waals surface area contributed by atoms with Crippen LogP contribution in [0, 0.1) is 0 Å². The number of anilines is 1. The average Bonchev–Trinajstić information content (AvgIpc) is 2.36. The summed E-state index contributed by atoms with van der Waals surface area (Å²) in [6.45, 7) is 0. The minimum Gasteiger partial charge on any atom is -0.399 e. The first-order valence-corrected chi connectivity index (χ1v) is 8.30. The van der Waals surface area contributed by atoms with Gasteiger partial charge in [0.15, 0.2) is 9.84 Å². The van der Waals surface area contributed by atoms with Crippen LogP contribution in [-0.2, 0) is 15.6 Å². The van der Waals surface area contributed by atoms with Crippen LogP contribution < -0.4 is 5.73 Å². The molecule has 0 aromatic heterocycles. The molecule has 2 aromatic carbocycles. The van der Waals surface area contributed by atoms with Crippen molar-refractivity contribution in [3.63, 3.8) is 0 Å². The number of halogens is 3. The van der Waals surface area contributed by atoms with Gasteiger partial charge >= 0.3 is 0 Å². The van der Waals surface area contributed by atoms with Crippen molar-refractivity contribution in [3.05, 3.63) is 57.0 Å². The number of benzene rings is 2. The van der Waals surface area contributed by atoms with Gasteiger partial charge in [0.05, 0.1) is 15.7 Å². The number of nitrogens with two attached hydrogens (primary N) is 1. The Morgan fingerprint density at radius 2 is 1.60 bits per heavy atom. The first-order chi connectivity index (χ1) is 9.29. The molecule has 2 rings (SSSR count). The topological polar surface area (TPSA) is 60.2 Å². The van der Waals surface area contributed by atoms with Crippen LogP contribution in [-0.4, -0.2) is 8.42 Å². The normalized spacial score (nSPS) is 11.6. The Balaban J connectivity index is 2.46. The Kier molecular flexibility index (Phi) is 4.49. The van der Waals surface area contributed by atoms with E-state index < -0.39 is 9.84 Å². The lowest BCUT2D eigenvalue weighted by molar-refractivity contribution is 0.595. The van der Waals surface area contributed by atoms with Gasteiger partial charge in [0.25, 0.3) is 0 Å². The monoisotopic (exact) mass is 349 g/mol. The summed E-state index contributed by atoms with van der Waals surface area (Å²) < 4.78 is 24.8. The highest BCUT2D eigenvalue weighted by Crippen LogP contribution is 2.29. The summed E-state index contributed by atoms with van der Waals surface area (Å²) >= 11 is 17.8. The van der Waals surface area contributed by atoms with E-state index in [1.807, 2.05) is 0 Å². The summed E-state index contributed by atoms with van der Waals surface area (Å²) in [7, 11) is -3.66. The Morgan fingerprint density at radius 3 is 2.30 bits per heavy atom. The highest BCUT2D eigenvalue weighted by Gasteiger charge is 2.20. The van der Waals surface area contributed by atoms with Crippen molar-refractivity contribution in [2.45, 2.75) is 10.6 Å². The predicted molar refractivity (Wildman–Crippen MR) is 83.2 cm³/mol. The van der Waals surface area contributed by atoms with Gasteiger partial charge in [0, 0.05) is 15.7 Å². The second-order valence-corrected chi connectivity index (χ2v) is 7.39. The maximum absolute atomic E-state index is 12.4. The third kappa shape index (κ3) is 3.38. The molecule has 0 radical (unpaired) electrons. The van der Waals surface area contributed by atoms with Gasteiger partial charge in [-0.3, -0.25) is 0 Å². The fraction of sp³-hybridized carbons (Fsp3) is 0.0769. The molecule has 106 valence electrons. The van der Waals surface area contributed by atoms with E-state index in [1.54, 1.807) is 12.1 Å². The largest absolute Gasteiger partial charge is 0.399 e. The van der Waals surface area contributed by atoms with Gasteiger partial charge in [-0.2, -0.15) is 0 Å². The molecule has 3 nitrogen and oxygen atoms in total. The van der Waals surface area contributed by atoms with Crippen LogP contribution in [0.2, 0.25) is 15.1 Å². The summed E-state index contributed by atoms with van der Waals surface area (Å²) in [6.07, 6.45) is 0.